The molecule has 8 nitrogen and oxygen atoms in total. The van der Waals surface area contributed by atoms with Crippen LogP contribution in [0.25, 0.3) is 11.6 Å². The van der Waals surface area contributed by atoms with Crippen molar-refractivity contribution < 1.29 is 29.1 Å². The minimum absolute atomic E-state index is 0.0809. The van der Waals surface area contributed by atoms with Crippen LogP contribution in [-0.2, 0) is 14.2 Å². The molecule has 2 aromatic carbocycles. The summed E-state index contributed by atoms with van der Waals surface area (Å²) in [5.74, 6) is -0.824. The summed E-state index contributed by atoms with van der Waals surface area (Å²) in [5, 5.41) is 21.3. The Morgan fingerprint density at radius 3 is 2.64 bits per heavy atom. The number of imide groups is 1. The van der Waals surface area contributed by atoms with E-state index in [1.165, 1.54) is 11.0 Å². The number of carbonyl (C=O) groups is 2. The van der Waals surface area contributed by atoms with E-state index in [9.17, 15) is 19.7 Å². The number of rotatable bonds is 10. The number of aromatic hydroxyl groups is 1. The summed E-state index contributed by atoms with van der Waals surface area (Å²) in [6.45, 7) is 2.61. The molecule has 0 spiro atoms. The van der Waals surface area contributed by atoms with E-state index in [2.05, 4.69) is 4.98 Å². The van der Waals surface area contributed by atoms with Crippen LogP contribution in [0.5, 0.6) is 11.5 Å². The van der Waals surface area contributed by atoms with Gasteiger partial charge >= 0.3 is 7.12 Å². The van der Waals surface area contributed by atoms with Crippen molar-refractivity contribution in [3.63, 3.8) is 0 Å². The Hall–Kier alpha value is -3.92. The third-order valence-corrected chi connectivity index (χ3v) is 9.31. The second-order valence-electron chi connectivity index (χ2n) is 11.9. The van der Waals surface area contributed by atoms with Gasteiger partial charge in [-0.05, 0) is 109 Å². The molecule has 0 bridgehead atoms. The Balaban J connectivity index is 1.35. The maximum atomic E-state index is 13.7. The number of phenols is 1. The number of fused-ring (bicyclic) bond motifs is 3. The molecule has 2 N–H and O–H groups in total. The molecule has 1 aliphatic carbocycles. The van der Waals surface area contributed by atoms with Crippen LogP contribution in [0.1, 0.15) is 43.9 Å². The van der Waals surface area contributed by atoms with Crippen LogP contribution in [0, 0.1) is 17.8 Å². The van der Waals surface area contributed by atoms with Crippen LogP contribution in [0.15, 0.2) is 84.1 Å². The Morgan fingerprint density at radius 1 is 1.11 bits per heavy atom. The summed E-state index contributed by atoms with van der Waals surface area (Å²) in [5.41, 5.74) is 4.32. The van der Waals surface area contributed by atoms with Gasteiger partial charge in [-0.3, -0.25) is 19.5 Å². The Morgan fingerprint density at radius 2 is 1.91 bits per heavy atom. The van der Waals surface area contributed by atoms with Crippen molar-refractivity contribution in [3.8, 4) is 11.5 Å². The highest BCUT2D eigenvalue weighted by Gasteiger charge is 2.57. The van der Waals surface area contributed by atoms with E-state index in [1.807, 2.05) is 61.5 Å². The van der Waals surface area contributed by atoms with Gasteiger partial charge in [0.2, 0.25) is 11.8 Å². The van der Waals surface area contributed by atoms with Gasteiger partial charge in [0.15, 0.2) is 0 Å². The van der Waals surface area contributed by atoms with Gasteiger partial charge < -0.3 is 19.5 Å². The normalized spacial score (nSPS) is 23.3. The summed E-state index contributed by atoms with van der Waals surface area (Å²) in [7, 11) is -1.07. The zero-order valence-electron chi connectivity index (χ0n) is 25.1. The lowest BCUT2D eigenvalue weighted by molar-refractivity contribution is -0.140. The fourth-order valence-electron chi connectivity index (χ4n) is 7.03. The zero-order valence-corrected chi connectivity index (χ0v) is 25.9. The number of ether oxygens (including phenoxy) is 1. The molecule has 0 saturated carbocycles. The summed E-state index contributed by atoms with van der Waals surface area (Å²) < 4.78 is 12.4. The number of nitrogens with zero attached hydrogens (tertiary/aromatic N) is 2. The van der Waals surface area contributed by atoms with Crippen molar-refractivity contribution in [2.24, 2.45) is 17.8 Å². The van der Waals surface area contributed by atoms with Crippen LogP contribution < -0.4 is 4.74 Å². The summed E-state index contributed by atoms with van der Waals surface area (Å²) in [6.07, 6.45) is 5.54. The van der Waals surface area contributed by atoms with Crippen molar-refractivity contribution in [3.05, 3.63) is 100 Å². The monoisotopic (exact) mass is 626 g/mol. The van der Waals surface area contributed by atoms with Gasteiger partial charge in [0.05, 0.1) is 28.7 Å². The molecule has 2 amide bonds. The number of para-hydroxylation sites is 1. The lowest BCUT2D eigenvalue weighted by Gasteiger charge is -2.43. The highest BCUT2D eigenvalue weighted by atomic mass is 35.5. The molecule has 2 aliphatic heterocycles. The lowest BCUT2D eigenvalue weighted by atomic mass is 9.58. The van der Waals surface area contributed by atoms with Gasteiger partial charge in [-0.15, -0.1) is 0 Å². The van der Waals surface area contributed by atoms with Crippen molar-refractivity contribution >= 4 is 42.2 Å². The molecule has 1 aromatic heterocycles. The molecule has 4 atom stereocenters. The number of halogens is 1. The van der Waals surface area contributed by atoms with Crippen LogP contribution in [0.4, 0.5) is 0 Å². The number of aromatic nitrogens is 1. The fourth-order valence-corrected chi connectivity index (χ4v) is 7.26. The summed E-state index contributed by atoms with van der Waals surface area (Å²) in [4.78, 5) is 33.2. The van der Waals surface area contributed by atoms with Crippen molar-refractivity contribution in [1.82, 2.24) is 9.88 Å². The molecule has 45 heavy (non-hydrogen) atoms. The Bertz CT molecular complexity index is 1610. The van der Waals surface area contributed by atoms with Gasteiger partial charge in [0.25, 0.3) is 0 Å². The first kappa shape index (κ1) is 31.1. The lowest BCUT2D eigenvalue weighted by Crippen LogP contribution is -2.46. The number of carbonyl (C=O) groups excluding carboxylic acids is 2. The number of pyridine rings is 1. The average molecular weight is 627 g/mol. The number of phenolic OH excluding ortho intramolecular Hbond substituents is 1. The number of hydrogen-bond acceptors (Lipinski definition) is 7. The van der Waals surface area contributed by atoms with E-state index in [4.69, 9.17) is 21.0 Å². The summed E-state index contributed by atoms with van der Waals surface area (Å²) >= 11 is 6.47. The predicted octanol–water partition coefficient (Wildman–Crippen LogP) is 6.05. The molecule has 3 aliphatic rings. The predicted molar refractivity (Wildman–Crippen MR) is 173 cm³/mol. The first-order valence-electron chi connectivity index (χ1n) is 15.5. The largest absolute Gasteiger partial charge is 0.508 e. The molecule has 10 heteroatoms. The van der Waals surface area contributed by atoms with Crippen LogP contribution in [0.2, 0.25) is 11.3 Å². The summed E-state index contributed by atoms with van der Waals surface area (Å²) in [6, 6.07) is 20.0. The van der Waals surface area contributed by atoms with Crippen molar-refractivity contribution in [2.45, 2.75) is 45.0 Å². The Labute approximate surface area is 268 Å². The molecule has 2 saturated heterocycles. The number of hydrogen-bond donors (Lipinski definition) is 2. The van der Waals surface area contributed by atoms with Crippen LogP contribution in [0.3, 0.4) is 0 Å². The number of amides is 2. The first-order valence-corrected chi connectivity index (χ1v) is 15.9. The van der Waals surface area contributed by atoms with E-state index in [0.717, 1.165) is 28.0 Å². The number of allylic oxidation sites excluding steroid dienone is 1. The van der Waals surface area contributed by atoms with Crippen molar-refractivity contribution in [2.75, 3.05) is 13.2 Å². The molecule has 6 rings (SSSR count). The molecule has 232 valence electrons. The molecular weight excluding hydrogens is 591 g/mol. The zero-order chi connectivity index (χ0) is 31.5. The highest BCUT2D eigenvalue weighted by Crippen LogP contribution is 2.51. The number of likely N-dealkylation sites (tertiary alicyclic amines) is 1. The standard InChI is InChI=1S/C35H36BClN2O6/c1-2-16-39-34(41)27-18-24(21-44-26-8-4-3-5-9-26)32-28(33(27)35(39)42)20-36(43)45-31(32)14-12-23(30-10-6-7-15-38-30)17-22-11-13-25(40)19-29(22)37/h3-11,13,15,17,19,27-28,31,33,40,43H,2,12,14,16,18,20-21H2,1H3/b23-17-/t27-,28+,31-,33-/m1/s1. The van der Waals surface area contributed by atoms with Gasteiger partial charge in [-0.1, -0.05) is 42.8 Å². The smallest absolute Gasteiger partial charge is 0.455 e. The fraction of sp³-hybridized carbons (Fsp3) is 0.343. The molecule has 2 fully saturated rings. The van der Waals surface area contributed by atoms with Gasteiger partial charge in [-0.2, -0.15) is 0 Å². The minimum atomic E-state index is -1.07. The third kappa shape index (κ3) is 6.57. The second kappa shape index (κ2) is 13.6. The second-order valence-corrected chi connectivity index (χ2v) is 12.3. The molecule has 0 unspecified atom stereocenters. The quantitative estimate of drug-likeness (QED) is 0.160. The average Bonchev–Trinajstić information content (AvgIpc) is 3.28. The third-order valence-electron chi connectivity index (χ3n) is 8.99. The first-order chi connectivity index (χ1) is 21.8. The molecular formula is C35H36BClN2O6. The van der Waals surface area contributed by atoms with Crippen molar-refractivity contribution in [1.29, 1.82) is 0 Å². The van der Waals surface area contributed by atoms with E-state index < -0.39 is 25.1 Å². The van der Waals surface area contributed by atoms with E-state index in [-0.39, 0.29) is 36.4 Å². The molecule has 0 radical (unpaired) electrons. The van der Waals surface area contributed by atoms with Gasteiger partial charge in [-0.25, -0.2) is 0 Å². The van der Waals surface area contributed by atoms with Crippen LogP contribution in [-0.4, -0.2) is 58.2 Å². The number of benzene rings is 2. The van der Waals surface area contributed by atoms with E-state index in [0.29, 0.717) is 43.0 Å². The topological polar surface area (TPSA) is 109 Å². The van der Waals surface area contributed by atoms with E-state index >= 15 is 0 Å². The minimum Gasteiger partial charge on any atom is -0.508 e. The molecule has 3 aromatic rings. The SMILES string of the molecule is CCCN1C(=O)[C@@H]2[C@@H](CC(COc3ccccc3)=C3[C@@H](CC/C(=C/c4ccc(O)cc4Cl)c4ccccn4)OB(O)C[C@@H]32)C1=O. The van der Waals surface area contributed by atoms with E-state index in [1.54, 1.807) is 18.3 Å². The Kier molecular flexibility index (Phi) is 9.40. The molecule has 3 heterocycles. The maximum absolute atomic E-state index is 13.7. The maximum Gasteiger partial charge on any atom is 0.455 e. The van der Waals surface area contributed by atoms with Crippen LogP contribution >= 0.6 is 11.6 Å². The van der Waals surface area contributed by atoms with Gasteiger partial charge in [0.1, 0.15) is 18.1 Å². The van der Waals surface area contributed by atoms with Gasteiger partial charge in [0, 0.05) is 12.7 Å². The highest BCUT2D eigenvalue weighted by molar-refractivity contribution is 6.43.